The van der Waals surface area contributed by atoms with Gasteiger partial charge in [0.25, 0.3) is 0 Å². The molecular weight excluding hydrogens is 505 g/mol. The Bertz CT molecular complexity index is 1390. The summed E-state index contributed by atoms with van der Waals surface area (Å²) in [4.78, 5) is 15.7. The Hall–Kier alpha value is -4.17. The molecule has 1 N–H and O–H groups in total. The van der Waals surface area contributed by atoms with E-state index in [-0.39, 0.29) is 11.9 Å². The van der Waals surface area contributed by atoms with E-state index >= 15 is 0 Å². The highest BCUT2D eigenvalue weighted by molar-refractivity contribution is 5.53. The number of ether oxygens (including phenoxy) is 1. The smallest absolute Gasteiger partial charge is 0.225 e. The van der Waals surface area contributed by atoms with Gasteiger partial charge in [-0.15, -0.1) is 0 Å². The molecule has 0 bridgehead atoms. The summed E-state index contributed by atoms with van der Waals surface area (Å²) in [6.45, 7) is 6.08. The number of aromatic nitrogens is 2. The van der Waals surface area contributed by atoms with Gasteiger partial charge in [-0.1, -0.05) is 18.2 Å². The van der Waals surface area contributed by atoms with E-state index in [1.807, 2.05) is 42.5 Å². The molecule has 0 saturated carbocycles. The van der Waals surface area contributed by atoms with Crippen molar-refractivity contribution >= 4 is 11.6 Å². The lowest BCUT2D eigenvalue weighted by Gasteiger charge is -2.39. The summed E-state index contributed by atoms with van der Waals surface area (Å²) in [7, 11) is 0. The molecule has 6 rings (SSSR count). The topological polar surface area (TPSA) is 65.0 Å². The minimum Gasteiger partial charge on any atom is -0.508 e. The number of anilines is 2. The fourth-order valence-corrected chi connectivity index (χ4v) is 5.72. The zero-order chi connectivity index (χ0) is 27.3. The lowest BCUT2D eigenvalue weighted by Crippen LogP contribution is -2.48. The number of rotatable bonds is 8. The van der Waals surface area contributed by atoms with Crippen LogP contribution >= 0.6 is 0 Å². The summed E-state index contributed by atoms with van der Waals surface area (Å²) in [5.41, 5.74) is 4.57. The van der Waals surface area contributed by atoms with Gasteiger partial charge >= 0.3 is 0 Å². The second kappa shape index (κ2) is 11.9. The molecule has 8 heteroatoms. The van der Waals surface area contributed by atoms with Crippen LogP contribution in [0.1, 0.15) is 22.7 Å². The molecule has 0 radical (unpaired) electrons. The molecule has 2 aliphatic rings. The van der Waals surface area contributed by atoms with E-state index in [0.717, 1.165) is 69.5 Å². The summed E-state index contributed by atoms with van der Waals surface area (Å²) in [5.74, 6) is 1.72. The van der Waals surface area contributed by atoms with Gasteiger partial charge in [-0.05, 0) is 84.1 Å². The van der Waals surface area contributed by atoms with Crippen molar-refractivity contribution < 1.29 is 14.2 Å². The summed E-state index contributed by atoms with van der Waals surface area (Å²) >= 11 is 0. The molecule has 206 valence electrons. The van der Waals surface area contributed by atoms with Crippen LogP contribution in [0, 0.1) is 5.82 Å². The van der Waals surface area contributed by atoms with Gasteiger partial charge in [0, 0.05) is 57.3 Å². The van der Waals surface area contributed by atoms with Crippen LogP contribution in [-0.4, -0.2) is 65.8 Å². The van der Waals surface area contributed by atoms with Crippen LogP contribution in [0.3, 0.4) is 0 Å². The Labute approximate surface area is 234 Å². The second-order valence-electron chi connectivity index (χ2n) is 10.4. The minimum absolute atomic E-state index is 0.0848. The average molecular weight is 540 g/mol. The van der Waals surface area contributed by atoms with E-state index in [2.05, 4.69) is 36.8 Å². The lowest BCUT2D eigenvalue weighted by atomic mass is 9.88. The van der Waals surface area contributed by atoms with Crippen molar-refractivity contribution in [1.29, 1.82) is 0 Å². The quantitative estimate of drug-likeness (QED) is 0.343. The van der Waals surface area contributed by atoms with Crippen molar-refractivity contribution in [1.82, 2.24) is 14.9 Å². The molecule has 0 amide bonds. The number of piperazine rings is 1. The minimum atomic E-state index is -0.234. The Morgan fingerprint density at radius 2 is 1.62 bits per heavy atom. The normalized spacial score (nSPS) is 17.5. The van der Waals surface area contributed by atoms with Crippen LogP contribution in [-0.2, 0) is 12.8 Å². The number of benzene rings is 3. The number of nitrogens with zero attached hydrogens (tertiary/aromatic N) is 5. The summed E-state index contributed by atoms with van der Waals surface area (Å²) in [6.07, 6.45) is 5.20. The Balaban J connectivity index is 1.06. The predicted molar refractivity (Wildman–Crippen MR) is 155 cm³/mol. The molecule has 0 spiro atoms. The largest absolute Gasteiger partial charge is 0.508 e. The first-order chi connectivity index (χ1) is 19.6. The van der Waals surface area contributed by atoms with E-state index < -0.39 is 0 Å². The molecule has 2 aliphatic heterocycles. The van der Waals surface area contributed by atoms with Crippen molar-refractivity contribution in [2.45, 2.75) is 18.9 Å². The maximum atomic E-state index is 13.6. The molecule has 4 aromatic rings. The molecular formula is C32H34FN5O2. The van der Waals surface area contributed by atoms with Crippen LogP contribution in [0.2, 0.25) is 0 Å². The zero-order valence-electron chi connectivity index (χ0n) is 22.5. The number of phenols is 1. The van der Waals surface area contributed by atoms with Gasteiger partial charge in [0.05, 0.1) is 6.04 Å². The van der Waals surface area contributed by atoms with Crippen molar-refractivity contribution in [3.63, 3.8) is 0 Å². The van der Waals surface area contributed by atoms with Crippen LogP contribution in [0.25, 0.3) is 0 Å². The van der Waals surface area contributed by atoms with Crippen LogP contribution in [0.15, 0.2) is 85.2 Å². The maximum absolute atomic E-state index is 13.6. The molecule has 7 nitrogen and oxygen atoms in total. The van der Waals surface area contributed by atoms with Gasteiger partial charge < -0.3 is 19.6 Å². The molecule has 1 aromatic heterocycles. The molecule has 0 aliphatic carbocycles. The molecule has 1 fully saturated rings. The van der Waals surface area contributed by atoms with Crippen LogP contribution in [0.4, 0.5) is 16.0 Å². The van der Waals surface area contributed by atoms with Gasteiger partial charge in [-0.2, -0.15) is 0 Å². The highest BCUT2D eigenvalue weighted by Gasteiger charge is 2.28. The van der Waals surface area contributed by atoms with E-state index in [4.69, 9.17) is 4.74 Å². The fraction of sp³-hybridized carbons (Fsp3) is 0.312. The number of aromatic hydroxyl groups is 1. The highest BCUT2D eigenvalue weighted by atomic mass is 19.1. The first kappa shape index (κ1) is 26.1. The third kappa shape index (κ3) is 6.02. The lowest BCUT2D eigenvalue weighted by molar-refractivity contribution is 0.200. The molecule has 3 aromatic carbocycles. The fourth-order valence-electron chi connectivity index (χ4n) is 5.72. The van der Waals surface area contributed by atoms with Crippen molar-refractivity contribution in [3.8, 4) is 11.5 Å². The Morgan fingerprint density at radius 1 is 0.875 bits per heavy atom. The average Bonchev–Trinajstić information content (AvgIpc) is 2.99. The van der Waals surface area contributed by atoms with Crippen LogP contribution in [0.5, 0.6) is 11.5 Å². The SMILES string of the molecule is Oc1ccc2c(c1)CCN(c1ccc(F)cc1)C2Cc1ccc(OCCN2CCN(c3ncccn3)CC2)cc1. The zero-order valence-corrected chi connectivity index (χ0v) is 22.5. The molecule has 40 heavy (non-hydrogen) atoms. The third-order valence-electron chi connectivity index (χ3n) is 7.88. The molecule has 3 heterocycles. The standard InChI is InChI=1S/C32H34FN5O2/c33-26-4-6-27(7-5-26)38-15-12-25-23-28(39)8-11-30(25)31(38)22-24-2-9-29(10-3-24)40-21-20-36-16-18-37(19-17-36)32-34-13-1-14-35-32/h1-11,13-14,23,31,39H,12,15-22H2. The van der Waals surface area contributed by atoms with Gasteiger partial charge in [0.1, 0.15) is 23.9 Å². The second-order valence-corrected chi connectivity index (χ2v) is 10.4. The number of fused-ring (bicyclic) bond motifs is 1. The van der Waals surface area contributed by atoms with Gasteiger partial charge in [-0.3, -0.25) is 4.90 Å². The summed E-state index contributed by atoms with van der Waals surface area (Å²) in [6, 6.07) is 22.7. The van der Waals surface area contributed by atoms with E-state index in [0.29, 0.717) is 12.4 Å². The highest BCUT2D eigenvalue weighted by Crippen LogP contribution is 2.37. The van der Waals surface area contributed by atoms with Crippen molar-refractivity contribution in [3.05, 3.63) is 108 Å². The van der Waals surface area contributed by atoms with Gasteiger partial charge in [0.15, 0.2) is 0 Å². The Kier molecular flexibility index (Phi) is 7.77. The number of halogens is 1. The van der Waals surface area contributed by atoms with Crippen molar-refractivity contribution in [2.75, 3.05) is 55.7 Å². The van der Waals surface area contributed by atoms with E-state index in [1.54, 1.807) is 18.5 Å². The molecule has 1 unspecified atom stereocenters. The molecule has 1 atom stereocenters. The van der Waals surface area contributed by atoms with Gasteiger partial charge in [0.2, 0.25) is 5.95 Å². The van der Waals surface area contributed by atoms with Gasteiger partial charge in [-0.25, -0.2) is 14.4 Å². The number of hydrogen-bond acceptors (Lipinski definition) is 7. The first-order valence-electron chi connectivity index (χ1n) is 13.9. The number of phenolic OH excluding ortho intramolecular Hbond substituents is 1. The van der Waals surface area contributed by atoms with Crippen LogP contribution < -0.4 is 14.5 Å². The number of hydrogen-bond donors (Lipinski definition) is 1. The summed E-state index contributed by atoms with van der Waals surface area (Å²) in [5, 5.41) is 10.0. The first-order valence-corrected chi connectivity index (χ1v) is 13.9. The van der Waals surface area contributed by atoms with E-state index in [1.165, 1.54) is 28.8 Å². The molecule has 1 saturated heterocycles. The Morgan fingerprint density at radius 3 is 2.38 bits per heavy atom. The maximum Gasteiger partial charge on any atom is 0.225 e. The monoisotopic (exact) mass is 539 g/mol. The van der Waals surface area contributed by atoms with Crippen molar-refractivity contribution in [2.24, 2.45) is 0 Å². The predicted octanol–water partition coefficient (Wildman–Crippen LogP) is 4.87. The van der Waals surface area contributed by atoms with E-state index in [9.17, 15) is 9.50 Å². The summed E-state index contributed by atoms with van der Waals surface area (Å²) < 4.78 is 19.7. The third-order valence-corrected chi connectivity index (χ3v) is 7.88.